The average molecular weight is 316 g/mol. The Kier molecular flexibility index (Phi) is 3.48. The molecule has 2 atom stereocenters. The lowest BCUT2D eigenvalue weighted by atomic mass is 10.1. The molecule has 0 saturated carbocycles. The molecule has 2 unspecified atom stereocenters. The molecule has 2 rings (SSSR count). The molecule has 18 heavy (non-hydrogen) atoms. The van der Waals surface area contributed by atoms with Gasteiger partial charge in [-0.25, -0.2) is 4.98 Å². The summed E-state index contributed by atoms with van der Waals surface area (Å²) in [5.41, 5.74) is 5.64. The van der Waals surface area contributed by atoms with E-state index in [0.29, 0.717) is 16.0 Å². The minimum atomic E-state index is -1.09. The lowest BCUT2D eigenvalue weighted by Gasteiger charge is -2.28. The summed E-state index contributed by atoms with van der Waals surface area (Å²) in [5.74, 6) is -0.931. The fraction of sp³-hybridized carbons (Fsp3) is 0.300. The van der Waals surface area contributed by atoms with Gasteiger partial charge in [0.05, 0.1) is 12.5 Å². The van der Waals surface area contributed by atoms with Gasteiger partial charge in [0.2, 0.25) is 0 Å². The summed E-state index contributed by atoms with van der Waals surface area (Å²) < 4.78 is 6.08. The van der Waals surface area contributed by atoms with Gasteiger partial charge < -0.3 is 20.9 Å². The Morgan fingerprint density at radius 3 is 3.11 bits per heavy atom. The van der Waals surface area contributed by atoms with Crippen LogP contribution >= 0.6 is 15.9 Å². The van der Waals surface area contributed by atoms with Crippen molar-refractivity contribution in [3.8, 4) is 5.75 Å². The molecule has 0 spiro atoms. The van der Waals surface area contributed by atoms with Crippen LogP contribution < -0.4 is 15.8 Å². The van der Waals surface area contributed by atoms with E-state index in [-0.39, 0.29) is 6.42 Å². The number of rotatable bonds is 3. The maximum absolute atomic E-state index is 11.7. The van der Waals surface area contributed by atoms with Crippen LogP contribution in [0.25, 0.3) is 0 Å². The Hall–Kier alpha value is -1.67. The monoisotopic (exact) mass is 315 g/mol. The summed E-state index contributed by atoms with van der Waals surface area (Å²) in [4.78, 5) is 26.2. The molecular formula is C10H10BrN3O4. The van der Waals surface area contributed by atoms with Gasteiger partial charge in [-0.3, -0.25) is 9.59 Å². The Morgan fingerprint density at radius 1 is 1.72 bits per heavy atom. The largest absolute Gasteiger partial charge is 0.481 e. The van der Waals surface area contributed by atoms with Crippen molar-refractivity contribution in [3.05, 3.63) is 16.7 Å². The molecule has 7 nitrogen and oxygen atoms in total. The van der Waals surface area contributed by atoms with Gasteiger partial charge in [0, 0.05) is 10.7 Å². The summed E-state index contributed by atoms with van der Waals surface area (Å²) in [5, 5.41) is 11.2. The number of ether oxygens (including phenoxy) is 1. The Morgan fingerprint density at radius 2 is 2.44 bits per heavy atom. The van der Waals surface area contributed by atoms with Crippen molar-refractivity contribution < 1.29 is 19.4 Å². The molecule has 0 saturated heterocycles. The van der Waals surface area contributed by atoms with Crippen LogP contribution in [0, 0.1) is 0 Å². The molecule has 1 aromatic rings. The topological polar surface area (TPSA) is 115 Å². The molecule has 1 aromatic heterocycles. The second-order valence-corrected chi connectivity index (χ2v) is 4.71. The van der Waals surface area contributed by atoms with Crippen LogP contribution in [0.15, 0.2) is 16.7 Å². The number of anilines is 1. The zero-order chi connectivity index (χ0) is 13.3. The predicted molar refractivity (Wildman–Crippen MR) is 65.2 cm³/mol. The van der Waals surface area contributed by atoms with Crippen LogP contribution in [-0.2, 0) is 9.59 Å². The van der Waals surface area contributed by atoms with E-state index in [4.69, 9.17) is 15.6 Å². The highest BCUT2D eigenvalue weighted by Crippen LogP contribution is 2.30. The first kappa shape index (κ1) is 12.8. The summed E-state index contributed by atoms with van der Waals surface area (Å²) >= 11 is 3.22. The van der Waals surface area contributed by atoms with E-state index in [1.807, 2.05) is 0 Å². The fourth-order valence-electron chi connectivity index (χ4n) is 1.57. The Labute approximate surface area is 110 Å². The predicted octanol–water partition coefficient (Wildman–Crippen LogP) is 0.346. The second-order valence-electron chi connectivity index (χ2n) is 3.79. The first-order valence-electron chi connectivity index (χ1n) is 5.08. The third kappa shape index (κ3) is 2.59. The molecular weight excluding hydrogens is 306 g/mol. The maximum atomic E-state index is 11.7. The number of carbonyl (C=O) groups is 2. The smallest absolute Gasteiger partial charge is 0.305 e. The van der Waals surface area contributed by atoms with Gasteiger partial charge >= 0.3 is 5.97 Å². The number of nitrogens with zero attached hydrogens (tertiary/aromatic N) is 1. The molecule has 0 radical (unpaired) electrons. The quantitative estimate of drug-likeness (QED) is 0.741. The van der Waals surface area contributed by atoms with Crippen molar-refractivity contribution in [1.82, 2.24) is 4.98 Å². The van der Waals surface area contributed by atoms with Crippen molar-refractivity contribution in [3.63, 3.8) is 0 Å². The number of fused-ring (bicyclic) bond motifs is 1. The molecule has 0 aromatic carbocycles. The summed E-state index contributed by atoms with van der Waals surface area (Å²) in [6.45, 7) is 0. The fourth-order valence-corrected chi connectivity index (χ4v) is 1.88. The van der Waals surface area contributed by atoms with Gasteiger partial charge in [0.1, 0.15) is 0 Å². The van der Waals surface area contributed by atoms with Gasteiger partial charge in [0.25, 0.3) is 5.91 Å². The number of hydrogen-bond donors (Lipinski definition) is 3. The van der Waals surface area contributed by atoms with Crippen LogP contribution in [0.1, 0.15) is 6.42 Å². The van der Waals surface area contributed by atoms with Gasteiger partial charge in [-0.15, -0.1) is 0 Å². The lowest BCUT2D eigenvalue weighted by molar-refractivity contribution is -0.138. The molecule has 1 amide bonds. The summed E-state index contributed by atoms with van der Waals surface area (Å²) in [6, 6.07) is 0.706. The van der Waals surface area contributed by atoms with Crippen molar-refractivity contribution >= 4 is 33.6 Å². The second kappa shape index (κ2) is 4.91. The minimum Gasteiger partial charge on any atom is -0.481 e. The highest BCUT2D eigenvalue weighted by atomic mass is 79.9. The van der Waals surface area contributed by atoms with Crippen LogP contribution in [-0.4, -0.2) is 34.1 Å². The first-order valence-corrected chi connectivity index (χ1v) is 5.87. The number of hydrogen-bond acceptors (Lipinski definition) is 5. The molecule has 0 fully saturated rings. The normalized spacial score (nSPS) is 19.4. The first-order chi connectivity index (χ1) is 8.47. The van der Waals surface area contributed by atoms with E-state index >= 15 is 0 Å². The summed E-state index contributed by atoms with van der Waals surface area (Å²) in [7, 11) is 0. The molecule has 1 aliphatic rings. The third-order valence-electron chi connectivity index (χ3n) is 2.37. The number of nitrogens with one attached hydrogen (secondary N) is 1. The number of pyridine rings is 1. The lowest BCUT2D eigenvalue weighted by Crippen LogP contribution is -2.50. The SMILES string of the molecule is NC(CC(=O)O)C1Oc2cc(Br)cnc2NC1=O. The van der Waals surface area contributed by atoms with E-state index in [1.165, 1.54) is 6.20 Å². The highest BCUT2D eigenvalue weighted by molar-refractivity contribution is 9.10. The molecule has 0 aliphatic carbocycles. The number of aliphatic carboxylic acids is 1. The van der Waals surface area contributed by atoms with Gasteiger partial charge in [-0.2, -0.15) is 0 Å². The van der Waals surface area contributed by atoms with Gasteiger partial charge in [0.15, 0.2) is 17.7 Å². The molecule has 2 heterocycles. The van der Waals surface area contributed by atoms with Crippen molar-refractivity contribution in [2.45, 2.75) is 18.6 Å². The molecule has 0 bridgehead atoms. The number of nitrogens with two attached hydrogens (primary N) is 1. The molecule has 8 heteroatoms. The van der Waals surface area contributed by atoms with Crippen LogP contribution in [0.3, 0.4) is 0 Å². The van der Waals surface area contributed by atoms with Gasteiger partial charge in [-0.05, 0) is 22.0 Å². The van der Waals surface area contributed by atoms with E-state index in [9.17, 15) is 9.59 Å². The number of halogens is 1. The minimum absolute atomic E-state index is 0.293. The van der Waals surface area contributed by atoms with Crippen molar-refractivity contribution in [2.75, 3.05) is 5.32 Å². The number of carbonyl (C=O) groups excluding carboxylic acids is 1. The number of carboxylic acids is 1. The zero-order valence-electron chi connectivity index (χ0n) is 9.09. The van der Waals surface area contributed by atoms with E-state index < -0.39 is 24.0 Å². The van der Waals surface area contributed by atoms with Crippen LogP contribution in [0.5, 0.6) is 5.75 Å². The van der Waals surface area contributed by atoms with E-state index in [0.717, 1.165) is 0 Å². The van der Waals surface area contributed by atoms with Gasteiger partial charge in [-0.1, -0.05) is 0 Å². The van der Waals surface area contributed by atoms with Crippen LogP contribution in [0.4, 0.5) is 5.82 Å². The Bertz CT molecular complexity index is 508. The standard InChI is InChI=1S/C10H10BrN3O4/c11-4-1-6-9(13-3-4)14-10(17)8(18-6)5(12)2-7(15)16/h1,3,5,8H,2,12H2,(H,15,16)(H,13,14,17). The molecule has 4 N–H and O–H groups in total. The maximum Gasteiger partial charge on any atom is 0.305 e. The summed E-state index contributed by atoms with van der Waals surface area (Å²) in [6.07, 6.45) is 0.124. The highest BCUT2D eigenvalue weighted by Gasteiger charge is 2.34. The molecule has 1 aliphatic heterocycles. The van der Waals surface area contributed by atoms with Crippen molar-refractivity contribution in [1.29, 1.82) is 0 Å². The van der Waals surface area contributed by atoms with E-state index in [2.05, 4.69) is 26.2 Å². The third-order valence-corrected chi connectivity index (χ3v) is 2.81. The molecule has 96 valence electrons. The van der Waals surface area contributed by atoms with Crippen LogP contribution in [0.2, 0.25) is 0 Å². The number of amides is 1. The Balaban J connectivity index is 2.21. The number of carboxylic acid groups (broad SMARTS) is 1. The van der Waals surface area contributed by atoms with Crippen molar-refractivity contribution in [2.24, 2.45) is 5.73 Å². The van der Waals surface area contributed by atoms with E-state index in [1.54, 1.807) is 6.07 Å². The number of aromatic nitrogens is 1. The zero-order valence-corrected chi connectivity index (χ0v) is 10.7. The average Bonchev–Trinajstić information content (AvgIpc) is 2.27.